The number of para-hydroxylation sites is 1. The molecule has 1 fully saturated rings. The number of amides is 2. The lowest BCUT2D eigenvalue weighted by Gasteiger charge is -2.38. The lowest BCUT2D eigenvalue weighted by Crippen LogP contribution is -2.41. The van der Waals surface area contributed by atoms with Crippen LogP contribution in [0.1, 0.15) is 12.5 Å². The SMILES string of the molecule is CC1C(C(=O)N(C=O)c2cc(Cl)cc(Cl)c2)CN(c2ccccc2)C1(P=O)c1cc(Cl)cc(Cl)c1N. The molecule has 3 unspecified atom stereocenters. The molecule has 1 aliphatic heterocycles. The number of nitrogens with two attached hydrogens (primary N) is 1. The number of halogens is 4. The van der Waals surface area contributed by atoms with Crippen molar-refractivity contribution in [2.45, 2.75) is 12.2 Å². The van der Waals surface area contributed by atoms with Gasteiger partial charge in [-0.25, -0.2) is 0 Å². The molecule has 36 heavy (non-hydrogen) atoms. The van der Waals surface area contributed by atoms with Crippen LogP contribution in [0.2, 0.25) is 20.1 Å². The monoisotopic (exact) mass is 581 g/mol. The van der Waals surface area contributed by atoms with Gasteiger partial charge < -0.3 is 10.6 Å². The van der Waals surface area contributed by atoms with Gasteiger partial charge in [0.05, 0.1) is 22.3 Å². The van der Waals surface area contributed by atoms with Crippen LogP contribution >= 0.6 is 54.9 Å². The third-order valence-electron chi connectivity index (χ3n) is 6.51. The molecule has 0 spiro atoms. The van der Waals surface area contributed by atoms with Gasteiger partial charge in [-0.2, -0.15) is 0 Å². The predicted molar refractivity (Wildman–Crippen MR) is 147 cm³/mol. The Labute approximate surface area is 230 Å². The van der Waals surface area contributed by atoms with Crippen LogP contribution in [-0.2, 0) is 19.4 Å². The zero-order chi connectivity index (χ0) is 26.2. The summed E-state index contributed by atoms with van der Waals surface area (Å²) < 4.78 is 13.1. The van der Waals surface area contributed by atoms with Gasteiger partial charge in [-0.3, -0.25) is 19.1 Å². The summed E-state index contributed by atoms with van der Waals surface area (Å²) in [6.07, 6.45) is 0.420. The highest BCUT2D eigenvalue weighted by atomic mass is 35.5. The minimum absolute atomic E-state index is 0.140. The maximum Gasteiger partial charge on any atom is 0.238 e. The normalized spacial score (nSPS) is 21.5. The van der Waals surface area contributed by atoms with Gasteiger partial charge in [-0.1, -0.05) is 71.5 Å². The lowest BCUT2D eigenvalue weighted by molar-refractivity contribution is -0.125. The van der Waals surface area contributed by atoms with E-state index in [1.165, 1.54) is 24.3 Å². The van der Waals surface area contributed by atoms with E-state index in [1.807, 2.05) is 35.2 Å². The standard InChI is InChI=1S/C25H20Cl4N3O3P/c1-14-20(24(34)31(13-33)19-8-15(26)7-16(27)9-19)12-32(18-5-3-2-4-6-18)25(14,36-35)21-10-17(28)11-22(29)23(21)30/h2-11,13-14,20H,12,30H2,1H3. The molecule has 11 heteroatoms. The molecular weight excluding hydrogens is 563 g/mol. The second-order valence-electron chi connectivity index (χ2n) is 8.45. The molecule has 0 saturated carbocycles. The average molecular weight is 583 g/mol. The summed E-state index contributed by atoms with van der Waals surface area (Å²) in [6.45, 7) is 1.93. The number of hydrogen-bond acceptors (Lipinski definition) is 5. The minimum atomic E-state index is -1.30. The highest BCUT2D eigenvalue weighted by Gasteiger charge is 2.57. The first kappa shape index (κ1) is 26.7. The van der Waals surface area contributed by atoms with Crippen molar-refractivity contribution in [3.05, 3.63) is 86.3 Å². The van der Waals surface area contributed by atoms with E-state index in [0.717, 1.165) is 4.90 Å². The van der Waals surface area contributed by atoms with Gasteiger partial charge in [-0.05, 0) is 42.5 Å². The van der Waals surface area contributed by atoms with E-state index >= 15 is 0 Å². The molecule has 0 aliphatic carbocycles. The largest absolute Gasteiger partial charge is 0.397 e. The van der Waals surface area contributed by atoms with E-state index in [-0.39, 0.29) is 41.4 Å². The molecule has 1 saturated heterocycles. The fraction of sp³-hybridized carbons (Fsp3) is 0.200. The van der Waals surface area contributed by atoms with E-state index in [0.29, 0.717) is 22.7 Å². The van der Waals surface area contributed by atoms with Crippen molar-refractivity contribution in [1.29, 1.82) is 0 Å². The van der Waals surface area contributed by atoms with E-state index in [9.17, 15) is 14.2 Å². The van der Waals surface area contributed by atoms with Crippen LogP contribution in [0.3, 0.4) is 0 Å². The van der Waals surface area contributed by atoms with Crippen molar-refractivity contribution < 1.29 is 14.2 Å². The number of benzene rings is 3. The predicted octanol–water partition coefficient (Wildman–Crippen LogP) is 7.29. The number of nitrogens with zero attached hydrogens (tertiary/aromatic N) is 2. The Kier molecular flexibility index (Phi) is 7.84. The Bertz CT molecular complexity index is 1320. The molecular formula is C25H20Cl4N3O3P. The second kappa shape index (κ2) is 10.6. The highest BCUT2D eigenvalue weighted by Crippen LogP contribution is 2.57. The molecule has 0 aromatic heterocycles. The van der Waals surface area contributed by atoms with Crippen LogP contribution in [-0.4, -0.2) is 18.9 Å². The Morgan fingerprint density at radius 2 is 1.67 bits per heavy atom. The molecule has 2 amide bonds. The molecule has 186 valence electrons. The van der Waals surface area contributed by atoms with E-state index in [4.69, 9.17) is 52.1 Å². The first-order chi connectivity index (χ1) is 17.1. The number of nitrogen functional groups attached to an aromatic ring is 1. The van der Waals surface area contributed by atoms with Gasteiger partial charge in [0, 0.05) is 38.8 Å². The number of carbonyl (C=O) groups is 2. The Morgan fingerprint density at radius 3 is 2.25 bits per heavy atom. The number of hydrogen-bond donors (Lipinski definition) is 1. The summed E-state index contributed by atoms with van der Waals surface area (Å²) in [6, 6.07) is 16.8. The van der Waals surface area contributed by atoms with Crippen LogP contribution in [0.15, 0.2) is 60.7 Å². The third kappa shape index (κ3) is 4.57. The first-order valence-electron chi connectivity index (χ1n) is 10.8. The number of rotatable bonds is 6. The average Bonchev–Trinajstić information content (AvgIpc) is 3.14. The molecule has 3 aromatic carbocycles. The maximum absolute atomic E-state index is 13.8. The lowest BCUT2D eigenvalue weighted by atomic mass is 9.86. The van der Waals surface area contributed by atoms with Gasteiger partial charge in [0.1, 0.15) is 0 Å². The summed E-state index contributed by atoms with van der Waals surface area (Å²) in [5.74, 6) is -1.88. The van der Waals surface area contributed by atoms with Crippen molar-refractivity contribution >= 4 is 84.2 Å². The summed E-state index contributed by atoms with van der Waals surface area (Å²) in [5, 5.41) is -0.239. The topological polar surface area (TPSA) is 83.7 Å². The van der Waals surface area contributed by atoms with Crippen LogP contribution < -0.4 is 15.5 Å². The van der Waals surface area contributed by atoms with Crippen molar-refractivity contribution in [3.8, 4) is 0 Å². The summed E-state index contributed by atoms with van der Waals surface area (Å²) in [4.78, 5) is 28.8. The molecule has 2 N–H and O–H groups in total. The number of carbonyl (C=O) groups excluding carboxylic acids is 2. The van der Waals surface area contributed by atoms with Gasteiger partial charge in [-0.15, -0.1) is 0 Å². The molecule has 6 nitrogen and oxygen atoms in total. The van der Waals surface area contributed by atoms with Gasteiger partial charge in [0.15, 0.2) is 13.7 Å². The smallest absolute Gasteiger partial charge is 0.238 e. The van der Waals surface area contributed by atoms with Gasteiger partial charge in [0.2, 0.25) is 12.3 Å². The molecule has 1 heterocycles. The number of anilines is 3. The van der Waals surface area contributed by atoms with Crippen LogP contribution in [0.25, 0.3) is 0 Å². The van der Waals surface area contributed by atoms with Crippen LogP contribution in [0.4, 0.5) is 17.1 Å². The molecule has 4 rings (SSSR count). The Hall–Kier alpha value is -2.34. The molecule has 1 aliphatic rings. The van der Waals surface area contributed by atoms with Crippen molar-refractivity contribution in [1.82, 2.24) is 0 Å². The zero-order valence-corrected chi connectivity index (χ0v) is 22.8. The maximum atomic E-state index is 13.8. The highest BCUT2D eigenvalue weighted by molar-refractivity contribution is 7.25. The minimum Gasteiger partial charge on any atom is -0.397 e. The third-order valence-corrected chi connectivity index (χ3v) is 8.65. The molecule has 3 atom stereocenters. The number of imide groups is 1. The van der Waals surface area contributed by atoms with Gasteiger partial charge in [0.25, 0.3) is 0 Å². The summed E-state index contributed by atoms with van der Waals surface area (Å²) in [7, 11) is -0.329. The summed E-state index contributed by atoms with van der Waals surface area (Å²) >= 11 is 24.9. The van der Waals surface area contributed by atoms with E-state index in [1.54, 1.807) is 13.0 Å². The van der Waals surface area contributed by atoms with Crippen molar-refractivity contribution in [3.63, 3.8) is 0 Å². The van der Waals surface area contributed by atoms with Crippen molar-refractivity contribution in [2.24, 2.45) is 11.8 Å². The zero-order valence-electron chi connectivity index (χ0n) is 18.9. The Balaban J connectivity index is 1.88. The molecule has 3 aromatic rings. The first-order valence-corrected chi connectivity index (χ1v) is 13.1. The fourth-order valence-electron chi connectivity index (χ4n) is 4.78. The van der Waals surface area contributed by atoms with Crippen LogP contribution in [0.5, 0.6) is 0 Å². The molecule has 0 radical (unpaired) electrons. The fourth-order valence-corrected chi connectivity index (χ4v) is 6.71. The van der Waals surface area contributed by atoms with E-state index < -0.39 is 23.0 Å². The van der Waals surface area contributed by atoms with E-state index in [2.05, 4.69) is 0 Å². The van der Waals surface area contributed by atoms with Crippen molar-refractivity contribution in [2.75, 3.05) is 22.1 Å². The quantitative estimate of drug-likeness (QED) is 0.187. The Morgan fingerprint density at radius 1 is 1.06 bits per heavy atom. The van der Waals surface area contributed by atoms with Crippen LogP contribution in [0, 0.1) is 11.8 Å². The second-order valence-corrected chi connectivity index (χ2v) is 11.0. The van der Waals surface area contributed by atoms with Gasteiger partial charge >= 0.3 is 0 Å². The molecule has 0 bridgehead atoms. The summed E-state index contributed by atoms with van der Waals surface area (Å²) in [5.41, 5.74) is 7.96.